The molecule has 2 bridgehead atoms. The molecule has 3 heteroatoms. The number of β-amino-alcohol motifs (C(OH)–C–C–N with tert-alkyl or cyclic N) is 1. The zero-order valence-electron chi connectivity index (χ0n) is 15.0. The number of piperidine rings is 1. The average molecular weight is 309 g/mol. The summed E-state index contributed by atoms with van der Waals surface area (Å²) in [6, 6.07) is 0.611. The molecule has 0 aromatic heterocycles. The van der Waals surface area contributed by atoms with E-state index in [9.17, 15) is 5.11 Å². The molecule has 1 N–H and O–H groups in total. The van der Waals surface area contributed by atoms with E-state index >= 15 is 0 Å². The van der Waals surface area contributed by atoms with Gasteiger partial charge >= 0.3 is 0 Å². The Morgan fingerprint density at radius 2 is 2.00 bits per heavy atom. The predicted molar refractivity (Wildman–Crippen MR) is 89.9 cm³/mol. The quantitative estimate of drug-likeness (QED) is 0.844. The topological polar surface area (TPSA) is 32.7 Å². The van der Waals surface area contributed by atoms with E-state index in [1.807, 2.05) is 0 Å². The summed E-state index contributed by atoms with van der Waals surface area (Å²) >= 11 is 0. The number of aliphatic hydroxyl groups is 1. The summed E-state index contributed by atoms with van der Waals surface area (Å²) in [5, 5.41) is 10.4. The van der Waals surface area contributed by atoms with Crippen LogP contribution in [0.5, 0.6) is 0 Å². The van der Waals surface area contributed by atoms with Crippen LogP contribution in [-0.4, -0.2) is 48.0 Å². The van der Waals surface area contributed by atoms with Crippen LogP contribution in [0.2, 0.25) is 0 Å². The highest BCUT2D eigenvalue weighted by atomic mass is 16.5. The number of rotatable bonds is 5. The minimum atomic E-state index is -0.348. The Kier molecular flexibility index (Phi) is 4.61. The van der Waals surface area contributed by atoms with Gasteiger partial charge in [0.25, 0.3) is 0 Å². The first-order valence-electron chi connectivity index (χ1n) is 9.36. The van der Waals surface area contributed by atoms with E-state index in [2.05, 4.69) is 32.6 Å². The SMILES string of the molecule is C[C@@H]1CCCCN1C[C@@H](O)CO[C@@H]1C(C)(C)[C@H]2CC[C@@]1(C)C2. The molecule has 128 valence electrons. The van der Waals surface area contributed by atoms with Crippen LogP contribution in [0.4, 0.5) is 0 Å². The molecule has 0 radical (unpaired) electrons. The summed E-state index contributed by atoms with van der Waals surface area (Å²) in [6.07, 6.45) is 7.80. The van der Waals surface area contributed by atoms with Gasteiger partial charge in [-0.1, -0.05) is 27.2 Å². The van der Waals surface area contributed by atoms with Crippen molar-refractivity contribution in [3.8, 4) is 0 Å². The van der Waals surface area contributed by atoms with E-state index in [0.717, 1.165) is 19.0 Å². The van der Waals surface area contributed by atoms with Gasteiger partial charge in [-0.15, -0.1) is 0 Å². The van der Waals surface area contributed by atoms with Crippen molar-refractivity contribution in [3.63, 3.8) is 0 Å². The highest BCUT2D eigenvalue weighted by Crippen LogP contribution is 2.63. The van der Waals surface area contributed by atoms with E-state index in [1.165, 1.54) is 38.5 Å². The Bertz CT molecular complexity index is 392. The van der Waals surface area contributed by atoms with Gasteiger partial charge < -0.3 is 9.84 Å². The molecule has 3 fully saturated rings. The third-order valence-electron chi connectivity index (χ3n) is 6.98. The molecule has 3 nitrogen and oxygen atoms in total. The number of likely N-dealkylation sites (tertiary alicyclic amines) is 1. The molecular weight excluding hydrogens is 274 g/mol. The predicted octanol–water partition coefficient (Wildman–Crippen LogP) is 3.45. The van der Waals surface area contributed by atoms with Gasteiger partial charge in [-0.2, -0.15) is 0 Å². The van der Waals surface area contributed by atoms with Crippen LogP contribution in [0.1, 0.15) is 66.2 Å². The van der Waals surface area contributed by atoms with Crippen LogP contribution in [0, 0.1) is 16.7 Å². The zero-order chi connectivity index (χ0) is 16.0. The molecule has 0 aromatic rings. The van der Waals surface area contributed by atoms with Crippen molar-refractivity contribution in [1.82, 2.24) is 4.90 Å². The lowest BCUT2D eigenvalue weighted by molar-refractivity contribution is -0.114. The second kappa shape index (κ2) is 6.07. The van der Waals surface area contributed by atoms with Gasteiger partial charge in [0.2, 0.25) is 0 Å². The van der Waals surface area contributed by atoms with Crippen LogP contribution in [0.3, 0.4) is 0 Å². The molecule has 0 spiro atoms. The summed E-state index contributed by atoms with van der Waals surface area (Å²) in [7, 11) is 0. The Hall–Kier alpha value is -0.120. The van der Waals surface area contributed by atoms with Crippen LogP contribution in [-0.2, 0) is 4.74 Å². The second-order valence-electron chi connectivity index (χ2n) is 9.12. The largest absolute Gasteiger partial charge is 0.389 e. The monoisotopic (exact) mass is 309 g/mol. The highest BCUT2D eigenvalue weighted by molar-refractivity contribution is 5.09. The van der Waals surface area contributed by atoms with Crippen molar-refractivity contribution in [2.75, 3.05) is 19.7 Å². The first-order chi connectivity index (χ1) is 10.3. The molecule has 1 saturated heterocycles. The summed E-state index contributed by atoms with van der Waals surface area (Å²) in [6.45, 7) is 11.8. The minimum absolute atomic E-state index is 0.269. The van der Waals surface area contributed by atoms with Gasteiger partial charge in [0.15, 0.2) is 0 Å². The van der Waals surface area contributed by atoms with Crippen LogP contribution >= 0.6 is 0 Å². The second-order valence-corrected chi connectivity index (χ2v) is 9.12. The van der Waals surface area contributed by atoms with Crippen molar-refractivity contribution in [2.45, 2.75) is 84.5 Å². The van der Waals surface area contributed by atoms with Crippen molar-refractivity contribution in [3.05, 3.63) is 0 Å². The summed E-state index contributed by atoms with van der Waals surface area (Å²) < 4.78 is 6.32. The molecule has 0 amide bonds. The third-order valence-corrected chi connectivity index (χ3v) is 6.98. The fraction of sp³-hybridized carbons (Fsp3) is 1.00. The molecule has 22 heavy (non-hydrogen) atoms. The van der Waals surface area contributed by atoms with Gasteiger partial charge in [-0.3, -0.25) is 4.90 Å². The molecule has 0 aromatic carbocycles. The Balaban J connectivity index is 1.51. The van der Waals surface area contributed by atoms with Gasteiger partial charge in [0.1, 0.15) is 0 Å². The van der Waals surface area contributed by atoms with E-state index in [-0.39, 0.29) is 11.5 Å². The molecule has 5 atom stereocenters. The minimum Gasteiger partial charge on any atom is -0.389 e. The van der Waals surface area contributed by atoms with Crippen LogP contribution < -0.4 is 0 Å². The summed E-state index contributed by atoms with van der Waals surface area (Å²) in [5.41, 5.74) is 0.609. The van der Waals surface area contributed by atoms with Crippen molar-refractivity contribution in [1.29, 1.82) is 0 Å². The van der Waals surface area contributed by atoms with Gasteiger partial charge in [0.05, 0.1) is 18.8 Å². The fourth-order valence-corrected chi connectivity index (χ4v) is 5.63. The maximum absolute atomic E-state index is 10.4. The molecule has 2 saturated carbocycles. The molecular formula is C19H35NO2. The number of nitrogens with zero attached hydrogens (tertiary/aromatic N) is 1. The number of aliphatic hydroxyl groups excluding tert-OH is 1. The molecule has 2 aliphatic carbocycles. The average Bonchev–Trinajstić information content (AvgIpc) is 2.92. The van der Waals surface area contributed by atoms with Crippen molar-refractivity contribution >= 4 is 0 Å². The van der Waals surface area contributed by atoms with Gasteiger partial charge in [0, 0.05) is 12.6 Å². The van der Waals surface area contributed by atoms with Crippen LogP contribution in [0.15, 0.2) is 0 Å². The van der Waals surface area contributed by atoms with Crippen molar-refractivity contribution < 1.29 is 9.84 Å². The van der Waals surface area contributed by atoms with E-state index in [1.54, 1.807) is 0 Å². The number of ether oxygens (including phenoxy) is 1. The lowest BCUT2D eigenvalue weighted by atomic mass is 9.70. The van der Waals surface area contributed by atoms with E-state index < -0.39 is 0 Å². The van der Waals surface area contributed by atoms with Gasteiger partial charge in [-0.25, -0.2) is 0 Å². The lowest BCUT2D eigenvalue weighted by Gasteiger charge is -2.43. The number of hydrogen-bond acceptors (Lipinski definition) is 3. The van der Waals surface area contributed by atoms with Crippen molar-refractivity contribution in [2.24, 2.45) is 16.7 Å². The van der Waals surface area contributed by atoms with Crippen LogP contribution in [0.25, 0.3) is 0 Å². The third kappa shape index (κ3) is 2.97. The van der Waals surface area contributed by atoms with Gasteiger partial charge in [-0.05, 0) is 62.3 Å². The Labute approximate surface area is 136 Å². The first kappa shape index (κ1) is 16.7. The first-order valence-corrected chi connectivity index (χ1v) is 9.36. The lowest BCUT2D eigenvalue weighted by Crippen LogP contribution is -2.46. The molecule has 1 aliphatic heterocycles. The standard InChI is InChI=1S/C19H35NO2/c1-14-7-5-6-10-20(14)12-16(21)13-22-17-18(2,3)15-8-9-19(17,4)11-15/h14-17,21H,5-13H2,1-4H3/t14-,15+,16-,17-,19+/m1/s1. The summed E-state index contributed by atoms with van der Waals surface area (Å²) in [5.74, 6) is 0.807. The number of hydrogen-bond donors (Lipinski definition) is 1. The zero-order valence-corrected chi connectivity index (χ0v) is 15.0. The van der Waals surface area contributed by atoms with E-state index in [4.69, 9.17) is 4.74 Å². The highest BCUT2D eigenvalue weighted by Gasteiger charge is 2.60. The fourth-order valence-electron chi connectivity index (χ4n) is 5.63. The normalized spacial score (nSPS) is 42.7. The Morgan fingerprint density at radius 3 is 2.64 bits per heavy atom. The maximum Gasteiger partial charge on any atom is 0.0900 e. The molecule has 3 rings (SSSR count). The van der Waals surface area contributed by atoms with E-state index in [0.29, 0.717) is 24.2 Å². The molecule has 3 aliphatic rings. The maximum atomic E-state index is 10.4. The smallest absolute Gasteiger partial charge is 0.0900 e. The molecule has 0 unspecified atom stereocenters. The number of fused-ring (bicyclic) bond motifs is 2. The summed E-state index contributed by atoms with van der Waals surface area (Å²) in [4.78, 5) is 2.44. The Morgan fingerprint density at radius 1 is 1.23 bits per heavy atom. The molecule has 1 heterocycles.